The van der Waals surface area contributed by atoms with E-state index < -0.39 is 0 Å². The third-order valence-corrected chi connectivity index (χ3v) is 1.68. The molecule has 0 radical (unpaired) electrons. The highest BCUT2D eigenvalue weighted by atomic mass is 19.1. The van der Waals surface area contributed by atoms with Crippen LogP contribution in [0.4, 0.5) is 4.39 Å². The van der Waals surface area contributed by atoms with Crippen molar-refractivity contribution < 1.29 is 15.9 Å². The first-order valence-electron chi connectivity index (χ1n) is 3.63. The molecule has 0 saturated carbocycles. The minimum Gasteiger partial charge on any atom is -0.354 e. The Kier molecular flexibility index (Phi) is 2.57. The number of halogens is 1. The van der Waals surface area contributed by atoms with E-state index in [9.17, 15) is 4.39 Å². The molecule has 0 fully saturated rings. The zero-order valence-electron chi connectivity index (χ0n) is 6.44. The average Bonchev–Trinajstić information content (AvgIpc) is 2.04. The Hall–Kier alpha value is -0.930. The maximum Gasteiger partial charge on any atom is 0.132 e. The zero-order chi connectivity index (χ0) is 8.27. The van der Waals surface area contributed by atoms with Crippen LogP contribution < -0.4 is 11.5 Å². The fraction of sp³-hybridized carbons (Fsp3) is 0.250. The van der Waals surface area contributed by atoms with Crippen molar-refractivity contribution in [2.45, 2.75) is 13.1 Å². The molecule has 1 aromatic carbocycles. The third-order valence-electron chi connectivity index (χ3n) is 1.68. The molecule has 0 aliphatic carbocycles. The van der Waals surface area contributed by atoms with Crippen LogP contribution >= 0.6 is 0 Å². The van der Waals surface area contributed by atoms with E-state index in [-0.39, 0.29) is 5.82 Å². The normalized spacial score (nSPS) is 10.1. The lowest BCUT2D eigenvalue weighted by molar-refractivity contribution is -0.388. The Bertz CT molecular complexity index is 248. The van der Waals surface area contributed by atoms with E-state index in [1.165, 1.54) is 6.07 Å². The summed E-state index contributed by atoms with van der Waals surface area (Å²) < 4.78 is 13.0. The SMILES string of the molecule is [NH3+]Cc1ccc(C[NH3+])c(F)c1. The molecule has 0 atom stereocenters. The first kappa shape index (κ1) is 8.17. The van der Waals surface area contributed by atoms with E-state index in [2.05, 4.69) is 11.5 Å². The van der Waals surface area contributed by atoms with Gasteiger partial charge in [-0.1, -0.05) is 6.07 Å². The maximum atomic E-state index is 13.0. The summed E-state index contributed by atoms with van der Waals surface area (Å²) in [7, 11) is 0. The van der Waals surface area contributed by atoms with Crippen LogP contribution in [0, 0.1) is 5.82 Å². The van der Waals surface area contributed by atoms with Gasteiger partial charge in [-0.25, -0.2) is 4.39 Å². The van der Waals surface area contributed by atoms with Crippen LogP contribution in [0.3, 0.4) is 0 Å². The molecule has 0 aliphatic heterocycles. The monoisotopic (exact) mass is 156 g/mol. The molecule has 3 heteroatoms. The molecular weight excluding hydrogens is 143 g/mol. The van der Waals surface area contributed by atoms with Gasteiger partial charge in [-0.2, -0.15) is 0 Å². The number of benzene rings is 1. The first-order valence-corrected chi connectivity index (χ1v) is 3.63. The van der Waals surface area contributed by atoms with Crippen LogP contribution in [0.5, 0.6) is 0 Å². The molecule has 0 heterocycles. The second kappa shape index (κ2) is 3.46. The summed E-state index contributed by atoms with van der Waals surface area (Å²) in [4.78, 5) is 0. The Morgan fingerprint density at radius 3 is 2.36 bits per heavy atom. The molecule has 0 bridgehead atoms. The van der Waals surface area contributed by atoms with Crippen molar-refractivity contribution in [1.82, 2.24) is 0 Å². The summed E-state index contributed by atoms with van der Waals surface area (Å²) in [5.41, 5.74) is 8.89. The van der Waals surface area contributed by atoms with Gasteiger partial charge >= 0.3 is 0 Å². The summed E-state index contributed by atoms with van der Waals surface area (Å²) in [6.45, 7) is 1.14. The highest BCUT2D eigenvalue weighted by Gasteiger charge is 2.02. The molecule has 60 valence electrons. The van der Waals surface area contributed by atoms with E-state index in [4.69, 9.17) is 0 Å². The van der Waals surface area contributed by atoms with E-state index in [0.29, 0.717) is 18.7 Å². The van der Waals surface area contributed by atoms with Gasteiger partial charge in [0.25, 0.3) is 0 Å². The van der Waals surface area contributed by atoms with Gasteiger partial charge in [-0.15, -0.1) is 0 Å². The molecule has 11 heavy (non-hydrogen) atoms. The fourth-order valence-corrected chi connectivity index (χ4v) is 0.949. The van der Waals surface area contributed by atoms with Crippen molar-refractivity contribution in [2.24, 2.45) is 0 Å². The summed E-state index contributed by atoms with van der Waals surface area (Å²) in [5, 5.41) is 0. The molecule has 6 N–H and O–H groups in total. The number of hydrogen-bond donors (Lipinski definition) is 2. The molecule has 1 rings (SSSR count). The topological polar surface area (TPSA) is 55.3 Å². The van der Waals surface area contributed by atoms with E-state index in [0.717, 1.165) is 5.56 Å². The van der Waals surface area contributed by atoms with E-state index in [1.54, 1.807) is 6.07 Å². The van der Waals surface area contributed by atoms with Crippen molar-refractivity contribution in [3.05, 3.63) is 35.1 Å². The minimum atomic E-state index is -0.166. The predicted molar refractivity (Wildman–Crippen MR) is 39.6 cm³/mol. The number of quaternary nitrogens is 2. The Morgan fingerprint density at radius 2 is 1.91 bits per heavy atom. The molecule has 2 nitrogen and oxygen atoms in total. The van der Waals surface area contributed by atoms with Crippen LogP contribution in [-0.4, -0.2) is 0 Å². The standard InChI is InChI=1S/C8H11FN2/c9-8-3-6(4-10)1-2-7(8)5-11/h1-3H,4-5,10-11H2/p+2. The zero-order valence-corrected chi connectivity index (χ0v) is 6.44. The number of rotatable bonds is 2. The van der Waals surface area contributed by atoms with Gasteiger partial charge in [0, 0.05) is 11.1 Å². The van der Waals surface area contributed by atoms with Crippen molar-refractivity contribution in [1.29, 1.82) is 0 Å². The third kappa shape index (κ3) is 1.76. The number of hydrogen-bond acceptors (Lipinski definition) is 0. The Balaban J connectivity index is 2.99. The molecule has 1 aromatic rings. The molecule has 0 amide bonds. The van der Waals surface area contributed by atoms with Crippen LogP contribution in [-0.2, 0) is 13.1 Å². The van der Waals surface area contributed by atoms with Gasteiger partial charge in [-0.3, -0.25) is 0 Å². The summed E-state index contributed by atoms with van der Waals surface area (Å²) in [5.74, 6) is -0.166. The Labute approximate surface area is 65.0 Å². The molecule has 0 saturated heterocycles. The lowest BCUT2D eigenvalue weighted by Crippen LogP contribution is -2.48. The Morgan fingerprint density at radius 1 is 1.18 bits per heavy atom. The lowest BCUT2D eigenvalue weighted by Gasteiger charge is -1.98. The van der Waals surface area contributed by atoms with Crippen LogP contribution in [0.2, 0.25) is 0 Å². The van der Waals surface area contributed by atoms with Crippen LogP contribution in [0.25, 0.3) is 0 Å². The molecule has 0 unspecified atom stereocenters. The minimum absolute atomic E-state index is 0.166. The van der Waals surface area contributed by atoms with Crippen molar-refractivity contribution in [3.63, 3.8) is 0 Å². The second-order valence-electron chi connectivity index (χ2n) is 2.43. The van der Waals surface area contributed by atoms with Crippen molar-refractivity contribution in [2.75, 3.05) is 0 Å². The smallest absolute Gasteiger partial charge is 0.132 e. The van der Waals surface area contributed by atoms with Crippen LogP contribution in [0.1, 0.15) is 11.1 Å². The summed E-state index contributed by atoms with van der Waals surface area (Å²) >= 11 is 0. The summed E-state index contributed by atoms with van der Waals surface area (Å²) in [6, 6.07) is 5.17. The van der Waals surface area contributed by atoms with E-state index >= 15 is 0 Å². The van der Waals surface area contributed by atoms with Crippen molar-refractivity contribution >= 4 is 0 Å². The molecular formula is C8H13FN2+2. The van der Waals surface area contributed by atoms with Gasteiger partial charge in [0.1, 0.15) is 12.4 Å². The van der Waals surface area contributed by atoms with Gasteiger partial charge in [0.15, 0.2) is 0 Å². The summed E-state index contributed by atoms with van der Waals surface area (Å²) in [6.07, 6.45) is 0. The lowest BCUT2D eigenvalue weighted by atomic mass is 10.1. The predicted octanol–water partition coefficient (Wildman–Crippen LogP) is -0.691. The van der Waals surface area contributed by atoms with E-state index in [1.807, 2.05) is 6.07 Å². The first-order chi connectivity index (χ1) is 5.27. The fourth-order valence-electron chi connectivity index (χ4n) is 0.949. The van der Waals surface area contributed by atoms with Gasteiger partial charge in [0.05, 0.1) is 6.54 Å². The molecule has 0 aliphatic rings. The van der Waals surface area contributed by atoms with Gasteiger partial charge in [0.2, 0.25) is 0 Å². The quantitative estimate of drug-likeness (QED) is 0.569. The average molecular weight is 156 g/mol. The van der Waals surface area contributed by atoms with Crippen LogP contribution in [0.15, 0.2) is 18.2 Å². The molecule has 0 spiro atoms. The van der Waals surface area contributed by atoms with Gasteiger partial charge < -0.3 is 11.5 Å². The van der Waals surface area contributed by atoms with Gasteiger partial charge in [-0.05, 0) is 12.1 Å². The highest BCUT2D eigenvalue weighted by molar-refractivity contribution is 5.22. The second-order valence-corrected chi connectivity index (χ2v) is 2.43. The molecule has 0 aromatic heterocycles. The van der Waals surface area contributed by atoms with Crippen molar-refractivity contribution in [3.8, 4) is 0 Å². The largest absolute Gasteiger partial charge is 0.354 e. The maximum absolute atomic E-state index is 13.0. The highest BCUT2D eigenvalue weighted by Crippen LogP contribution is 2.07.